The van der Waals surface area contributed by atoms with Crippen molar-refractivity contribution in [2.24, 2.45) is 0 Å². The molecular weight excluding hydrogens is 420 g/mol. The van der Waals surface area contributed by atoms with E-state index in [0.717, 1.165) is 10.0 Å². The number of benzene rings is 2. The van der Waals surface area contributed by atoms with Gasteiger partial charge >= 0.3 is 5.97 Å². The summed E-state index contributed by atoms with van der Waals surface area (Å²) >= 11 is 3.42. The third-order valence-electron chi connectivity index (χ3n) is 4.38. The van der Waals surface area contributed by atoms with E-state index in [1.54, 1.807) is 13.0 Å². The summed E-state index contributed by atoms with van der Waals surface area (Å²) in [5.74, 6) is 0.371. The van der Waals surface area contributed by atoms with Gasteiger partial charge in [0, 0.05) is 10.0 Å². The SMILES string of the molecule is COC(=O)/C(=C(\c1ccccc1)c1cc(C(C)=O)c(C)o1)c1ccc(Br)cc1. The molecule has 0 amide bonds. The van der Waals surface area contributed by atoms with Crippen molar-refractivity contribution in [1.29, 1.82) is 0 Å². The molecule has 0 aliphatic rings. The van der Waals surface area contributed by atoms with E-state index < -0.39 is 5.97 Å². The average Bonchev–Trinajstić information content (AvgIpc) is 3.08. The van der Waals surface area contributed by atoms with Crippen LogP contribution >= 0.6 is 15.9 Å². The normalized spacial score (nSPS) is 11.7. The molecule has 1 aromatic heterocycles. The molecule has 3 rings (SSSR count). The summed E-state index contributed by atoms with van der Waals surface area (Å²) < 4.78 is 11.9. The number of ketones is 1. The fourth-order valence-corrected chi connectivity index (χ4v) is 3.32. The van der Waals surface area contributed by atoms with Crippen molar-refractivity contribution in [3.05, 3.63) is 93.3 Å². The molecule has 0 radical (unpaired) electrons. The fourth-order valence-electron chi connectivity index (χ4n) is 3.05. The van der Waals surface area contributed by atoms with Crippen LogP contribution in [-0.4, -0.2) is 18.9 Å². The van der Waals surface area contributed by atoms with Crippen molar-refractivity contribution >= 4 is 38.8 Å². The van der Waals surface area contributed by atoms with Gasteiger partial charge in [0.1, 0.15) is 11.5 Å². The number of carbonyl (C=O) groups excluding carboxylic acids is 2. The van der Waals surface area contributed by atoms with Gasteiger partial charge in [0.05, 0.1) is 18.2 Å². The number of aryl methyl sites for hydroxylation is 1. The zero-order valence-electron chi connectivity index (χ0n) is 15.8. The van der Waals surface area contributed by atoms with E-state index in [1.165, 1.54) is 14.0 Å². The maximum atomic E-state index is 12.8. The lowest BCUT2D eigenvalue weighted by Crippen LogP contribution is -2.07. The molecule has 1 heterocycles. The van der Waals surface area contributed by atoms with Crippen LogP contribution in [0.2, 0.25) is 0 Å². The topological polar surface area (TPSA) is 56.5 Å². The molecule has 0 saturated heterocycles. The molecule has 0 bridgehead atoms. The molecule has 142 valence electrons. The molecule has 0 spiro atoms. The first-order valence-corrected chi connectivity index (χ1v) is 9.47. The fraction of sp³-hybridized carbons (Fsp3) is 0.130. The van der Waals surface area contributed by atoms with Crippen molar-refractivity contribution < 1.29 is 18.7 Å². The minimum Gasteiger partial charge on any atom is -0.465 e. The van der Waals surface area contributed by atoms with Gasteiger partial charge in [0.2, 0.25) is 0 Å². The maximum absolute atomic E-state index is 12.8. The van der Waals surface area contributed by atoms with Crippen molar-refractivity contribution in [3.8, 4) is 0 Å². The van der Waals surface area contributed by atoms with E-state index in [4.69, 9.17) is 9.15 Å². The highest BCUT2D eigenvalue weighted by molar-refractivity contribution is 9.10. The second-order valence-corrected chi connectivity index (χ2v) is 7.17. The lowest BCUT2D eigenvalue weighted by molar-refractivity contribution is -0.133. The Hall–Kier alpha value is -2.92. The number of hydrogen-bond donors (Lipinski definition) is 0. The van der Waals surface area contributed by atoms with Gasteiger partial charge in [-0.2, -0.15) is 0 Å². The predicted octanol–water partition coefficient (Wildman–Crippen LogP) is 5.69. The van der Waals surface area contributed by atoms with Gasteiger partial charge in [-0.25, -0.2) is 4.79 Å². The Morgan fingerprint density at radius 3 is 2.14 bits per heavy atom. The number of ether oxygens (including phenoxy) is 1. The van der Waals surface area contributed by atoms with Crippen molar-refractivity contribution in [2.45, 2.75) is 13.8 Å². The Morgan fingerprint density at radius 1 is 0.964 bits per heavy atom. The van der Waals surface area contributed by atoms with E-state index in [0.29, 0.717) is 33.8 Å². The number of carbonyl (C=O) groups is 2. The van der Waals surface area contributed by atoms with Gasteiger partial charge in [0.15, 0.2) is 5.78 Å². The van der Waals surface area contributed by atoms with Crippen LogP contribution in [0.25, 0.3) is 11.1 Å². The Labute approximate surface area is 172 Å². The molecule has 0 aliphatic carbocycles. The molecule has 3 aromatic rings. The van der Waals surface area contributed by atoms with Gasteiger partial charge in [-0.1, -0.05) is 58.4 Å². The minimum absolute atomic E-state index is 0.0943. The number of hydrogen-bond acceptors (Lipinski definition) is 4. The number of furan rings is 1. The van der Waals surface area contributed by atoms with Crippen LogP contribution in [0.3, 0.4) is 0 Å². The Morgan fingerprint density at radius 2 is 1.61 bits per heavy atom. The number of halogens is 1. The summed E-state index contributed by atoms with van der Waals surface area (Å²) in [4.78, 5) is 24.7. The number of rotatable bonds is 5. The highest BCUT2D eigenvalue weighted by Gasteiger charge is 2.25. The summed E-state index contributed by atoms with van der Waals surface area (Å²) in [7, 11) is 1.35. The van der Waals surface area contributed by atoms with Crippen LogP contribution in [-0.2, 0) is 9.53 Å². The van der Waals surface area contributed by atoms with E-state index in [-0.39, 0.29) is 5.78 Å². The quantitative estimate of drug-likeness (QED) is 0.222. The Bertz CT molecular complexity index is 1040. The van der Waals surface area contributed by atoms with E-state index in [9.17, 15) is 9.59 Å². The first kappa shape index (κ1) is 19.8. The average molecular weight is 439 g/mol. The predicted molar refractivity (Wildman–Crippen MR) is 112 cm³/mol. The summed E-state index contributed by atoms with van der Waals surface area (Å²) in [6.07, 6.45) is 0. The number of Topliss-reactive ketones (excluding diaryl/α,β-unsaturated/α-hetero) is 1. The van der Waals surface area contributed by atoms with Crippen LogP contribution < -0.4 is 0 Å². The van der Waals surface area contributed by atoms with Crippen LogP contribution in [0, 0.1) is 6.92 Å². The van der Waals surface area contributed by atoms with Gasteiger partial charge < -0.3 is 9.15 Å². The number of esters is 1. The zero-order chi connectivity index (χ0) is 20.3. The molecule has 4 nitrogen and oxygen atoms in total. The molecule has 28 heavy (non-hydrogen) atoms. The third-order valence-corrected chi connectivity index (χ3v) is 4.91. The molecule has 0 aliphatic heterocycles. The first-order chi connectivity index (χ1) is 13.4. The van der Waals surface area contributed by atoms with Crippen LogP contribution in [0.1, 0.15) is 39.9 Å². The summed E-state index contributed by atoms with van der Waals surface area (Å²) in [6, 6.07) is 18.5. The molecule has 0 atom stereocenters. The van der Waals surface area contributed by atoms with Gasteiger partial charge in [-0.05, 0) is 43.2 Å². The summed E-state index contributed by atoms with van der Waals surface area (Å²) in [5.41, 5.74) is 2.90. The zero-order valence-corrected chi connectivity index (χ0v) is 17.4. The molecule has 0 saturated carbocycles. The molecular formula is C23H19BrO4. The van der Waals surface area contributed by atoms with Gasteiger partial charge in [-0.3, -0.25) is 4.79 Å². The van der Waals surface area contributed by atoms with E-state index in [1.807, 2.05) is 54.6 Å². The van der Waals surface area contributed by atoms with E-state index >= 15 is 0 Å². The Balaban J connectivity index is 2.37. The molecule has 0 unspecified atom stereocenters. The second kappa shape index (κ2) is 8.40. The highest BCUT2D eigenvalue weighted by Crippen LogP contribution is 2.35. The molecule has 0 N–H and O–H groups in total. The van der Waals surface area contributed by atoms with E-state index in [2.05, 4.69) is 15.9 Å². The minimum atomic E-state index is -0.486. The van der Waals surface area contributed by atoms with Gasteiger partial charge in [0.25, 0.3) is 0 Å². The smallest absolute Gasteiger partial charge is 0.339 e. The highest BCUT2D eigenvalue weighted by atomic mass is 79.9. The maximum Gasteiger partial charge on any atom is 0.339 e. The second-order valence-electron chi connectivity index (χ2n) is 6.25. The largest absolute Gasteiger partial charge is 0.465 e. The lowest BCUT2D eigenvalue weighted by atomic mass is 9.92. The first-order valence-electron chi connectivity index (χ1n) is 8.68. The van der Waals surface area contributed by atoms with Crippen LogP contribution in [0.15, 0.2) is 69.6 Å². The van der Waals surface area contributed by atoms with Crippen molar-refractivity contribution in [3.63, 3.8) is 0 Å². The van der Waals surface area contributed by atoms with Crippen molar-refractivity contribution in [2.75, 3.05) is 7.11 Å². The Kier molecular flexibility index (Phi) is 5.95. The third kappa shape index (κ3) is 3.99. The molecule has 0 fully saturated rings. The van der Waals surface area contributed by atoms with Gasteiger partial charge in [-0.15, -0.1) is 0 Å². The molecule has 2 aromatic carbocycles. The lowest BCUT2D eigenvalue weighted by Gasteiger charge is -2.13. The van der Waals surface area contributed by atoms with Crippen LogP contribution in [0.4, 0.5) is 0 Å². The number of methoxy groups -OCH3 is 1. The summed E-state index contributed by atoms with van der Waals surface area (Å²) in [6.45, 7) is 3.23. The monoisotopic (exact) mass is 438 g/mol. The van der Waals surface area contributed by atoms with Crippen molar-refractivity contribution in [1.82, 2.24) is 0 Å². The summed E-state index contributed by atoms with van der Waals surface area (Å²) in [5, 5.41) is 0. The molecule has 5 heteroatoms. The standard InChI is InChI=1S/C23H19BrO4/c1-14(25)19-13-20(28-15(19)2)21(16-7-5-4-6-8-16)22(23(26)27-3)17-9-11-18(24)12-10-17/h4-13H,1-3H3/b22-21+. The van der Waals surface area contributed by atoms with Crippen LogP contribution in [0.5, 0.6) is 0 Å².